The van der Waals surface area contributed by atoms with E-state index in [1.54, 1.807) is 18.1 Å². The van der Waals surface area contributed by atoms with Gasteiger partial charge in [0.05, 0.1) is 25.3 Å². The standard InChI is InChI=1S/C15H21ClN2O3/c1-8(2)18-12(19)7-10(17)14(18)9-5-6-11(20-3)15(21-4)13(9)16/h5-6,8,10,14H,7,17H2,1-4H3. The Morgan fingerprint density at radius 1 is 1.33 bits per heavy atom. The predicted octanol–water partition coefficient (Wildman–Crippen LogP) is 2.37. The molecule has 6 heteroatoms. The number of hydrogen-bond donors (Lipinski definition) is 1. The molecular weight excluding hydrogens is 292 g/mol. The number of nitrogens with two attached hydrogens (primary N) is 1. The Morgan fingerprint density at radius 2 is 2.00 bits per heavy atom. The maximum atomic E-state index is 12.1. The minimum atomic E-state index is -0.282. The highest BCUT2D eigenvalue weighted by atomic mass is 35.5. The molecule has 5 nitrogen and oxygen atoms in total. The van der Waals surface area contributed by atoms with Crippen LogP contribution in [0.15, 0.2) is 12.1 Å². The van der Waals surface area contributed by atoms with E-state index in [1.807, 2.05) is 19.9 Å². The van der Waals surface area contributed by atoms with Crippen molar-refractivity contribution in [3.05, 3.63) is 22.7 Å². The lowest BCUT2D eigenvalue weighted by atomic mass is 9.99. The number of hydrogen-bond acceptors (Lipinski definition) is 4. The Morgan fingerprint density at radius 3 is 2.52 bits per heavy atom. The van der Waals surface area contributed by atoms with E-state index in [4.69, 9.17) is 26.8 Å². The van der Waals surface area contributed by atoms with Crippen molar-refractivity contribution >= 4 is 17.5 Å². The Balaban J connectivity index is 2.52. The molecule has 0 aliphatic carbocycles. The second-order valence-electron chi connectivity index (χ2n) is 5.41. The average molecular weight is 313 g/mol. The maximum absolute atomic E-state index is 12.1. The van der Waals surface area contributed by atoms with Gasteiger partial charge < -0.3 is 20.1 Å². The zero-order valence-electron chi connectivity index (χ0n) is 12.7. The summed E-state index contributed by atoms with van der Waals surface area (Å²) in [6, 6.07) is 3.16. The molecule has 0 aromatic heterocycles. The fraction of sp³-hybridized carbons (Fsp3) is 0.533. The van der Waals surface area contributed by atoms with Gasteiger partial charge in [-0.05, 0) is 25.5 Å². The number of halogens is 1. The molecule has 0 spiro atoms. The van der Waals surface area contributed by atoms with Gasteiger partial charge in [-0.1, -0.05) is 17.7 Å². The summed E-state index contributed by atoms with van der Waals surface area (Å²) in [4.78, 5) is 13.9. The quantitative estimate of drug-likeness (QED) is 0.927. The van der Waals surface area contributed by atoms with E-state index in [9.17, 15) is 4.79 Å². The normalized spacial score (nSPS) is 22.0. The third-order valence-corrected chi connectivity index (χ3v) is 4.18. The van der Waals surface area contributed by atoms with Crippen LogP contribution in [0.3, 0.4) is 0 Å². The maximum Gasteiger partial charge on any atom is 0.225 e. The molecule has 1 aliphatic rings. The van der Waals surface area contributed by atoms with Gasteiger partial charge in [0.25, 0.3) is 0 Å². The van der Waals surface area contributed by atoms with Crippen LogP contribution < -0.4 is 15.2 Å². The highest BCUT2D eigenvalue weighted by molar-refractivity contribution is 6.33. The van der Waals surface area contributed by atoms with E-state index in [0.29, 0.717) is 22.9 Å². The summed E-state index contributed by atoms with van der Waals surface area (Å²) in [6.45, 7) is 3.94. The minimum absolute atomic E-state index is 0.0494. The summed E-state index contributed by atoms with van der Waals surface area (Å²) >= 11 is 6.46. The van der Waals surface area contributed by atoms with Crippen LogP contribution in [0, 0.1) is 0 Å². The second-order valence-corrected chi connectivity index (χ2v) is 5.79. The van der Waals surface area contributed by atoms with Crippen LogP contribution in [0.4, 0.5) is 0 Å². The van der Waals surface area contributed by atoms with E-state index >= 15 is 0 Å². The Hall–Kier alpha value is -1.46. The summed E-state index contributed by atoms with van der Waals surface area (Å²) in [5.74, 6) is 1.07. The highest BCUT2D eigenvalue weighted by Crippen LogP contribution is 2.44. The molecule has 1 aromatic carbocycles. The second kappa shape index (κ2) is 6.12. The van der Waals surface area contributed by atoms with E-state index in [-0.39, 0.29) is 24.0 Å². The van der Waals surface area contributed by atoms with Crippen molar-refractivity contribution in [2.75, 3.05) is 14.2 Å². The van der Waals surface area contributed by atoms with Crippen LogP contribution in [0.1, 0.15) is 31.9 Å². The zero-order chi connectivity index (χ0) is 15.7. The van der Waals surface area contributed by atoms with Gasteiger partial charge in [-0.25, -0.2) is 0 Å². The number of amides is 1. The third kappa shape index (κ3) is 2.68. The van der Waals surface area contributed by atoms with Crippen molar-refractivity contribution in [3.8, 4) is 11.5 Å². The molecule has 1 amide bonds. The molecular formula is C15H21ClN2O3. The first kappa shape index (κ1) is 15.9. The first-order valence-electron chi connectivity index (χ1n) is 6.89. The number of benzene rings is 1. The number of ether oxygens (including phenoxy) is 2. The largest absolute Gasteiger partial charge is 0.493 e. The van der Waals surface area contributed by atoms with Gasteiger partial charge in [-0.2, -0.15) is 0 Å². The van der Waals surface area contributed by atoms with Gasteiger partial charge in [0.1, 0.15) is 0 Å². The fourth-order valence-corrected chi connectivity index (χ4v) is 3.25. The van der Waals surface area contributed by atoms with Crippen molar-refractivity contribution in [1.29, 1.82) is 0 Å². The summed E-state index contributed by atoms with van der Waals surface area (Å²) in [5.41, 5.74) is 6.96. The van der Waals surface area contributed by atoms with Crippen LogP contribution in [-0.4, -0.2) is 37.1 Å². The van der Waals surface area contributed by atoms with Crippen molar-refractivity contribution in [1.82, 2.24) is 4.90 Å². The lowest BCUT2D eigenvalue weighted by Gasteiger charge is -2.31. The van der Waals surface area contributed by atoms with Crippen LogP contribution in [-0.2, 0) is 4.79 Å². The van der Waals surface area contributed by atoms with Crippen LogP contribution in [0.2, 0.25) is 5.02 Å². The Labute approximate surface area is 130 Å². The Kier molecular flexibility index (Phi) is 4.64. The number of nitrogens with zero attached hydrogens (tertiary/aromatic N) is 1. The first-order valence-corrected chi connectivity index (χ1v) is 7.27. The summed E-state index contributed by atoms with van der Waals surface area (Å²) in [7, 11) is 3.09. The SMILES string of the molecule is COc1ccc(C2C(N)CC(=O)N2C(C)C)c(Cl)c1OC. The third-order valence-electron chi connectivity index (χ3n) is 3.79. The number of carbonyl (C=O) groups excluding carboxylic acids is 1. The summed E-state index contributed by atoms with van der Waals surface area (Å²) in [5, 5.41) is 0.442. The number of carbonyl (C=O) groups is 1. The predicted molar refractivity (Wildman–Crippen MR) is 81.9 cm³/mol. The van der Waals surface area contributed by atoms with E-state index in [0.717, 1.165) is 5.56 Å². The van der Waals surface area contributed by atoms with Crippen molar-refractivity contribution in [2.45, 2.75) is 38.4 Å². The molecule has 2 rings (SSSR count). The van der Waals surface area contributed by atoms with Gasteiger partial charge in [-0.15, -0.1) is 0 Å². The molecule has 116 valence electrons. The molecule has 21 heavy (non-hydrogen) atoms. The lowest BCUT2D eigenvalue weighted by Crippen LogP contribution is -2.37. The molecule has 0 bridgehead atoms. The lowest BCUT2D eigenvalue weighted by molar-refractivity contribution is -0.130. The number of likely N-dealkylation sites (tertiary alicyclic amines) is 1. The Bertz CT molecular complexity index is 548. The molecule has 1 aromatic rings. The average Bonchev–Trinajstić information content (AvgIpc) is 2.73. The molecule has 1 fully saturated rings. The minimum Gasteiger partial charge on any atom is -0.493 e. The fourth-order valence-electron chi connectivity index (χ4n) is 2.90. The molecule has 0 radical (unpaired) electrons. The number of rotatable bonds is 4. The van der Waals surface area contributed by atoms with Crippen molar-refractivity contribution in [2.24, 2.45) is 5.73 Å². The zero-order valence-corrected chi connectivity index (χ0v) is 13.5. The van der Waals surface area contributed by atoms with Gasteiger partial charge in [0.2, 0.25) is 5.91 Å². The summed E-state index contributed by atoms with van der Waals surface area (Å²) in [6.07, 6.45) is 0.327. The smallest absolute Gasteiger partial charge is 0.225 e. The summed E-state index contributed by atoms with van der Waals surface area (Å²) < 4.78 is 10.6. The van der Waals surface area contributed by atoms with Crippen LogP contribution in [0.5, 0.6) is 11.5 Å². The van der Waals surface area contributed by atoms with Gasteiger partial charge in [0.15, 0.2) is 11.5 Å². The van der Waals surface area contributed by atoms with Crippen molar-refractivity contribution < 1.29 is 14.3 Å². The highest BCUT2D eigenvalue weighted by Gasteiger charge is 2.41. The molecule has 2 unspecified atom stereocenters. The molecule has 2 atom stereocenters. The van der Waals surface area contributed by atoms with E-state index < -0.39 is 0 Å². The van der Waals surface area contributed by atoms with Crippen LogP contribution in [0.25, 0.3) is 0 Å². The van der Waals surface area contributed by atoms with Crippen LogP contribution >= 0.6 is 11.6 Å². The van der Waals surface area contributed by atoms with Gasteiger partial charge >= 0.3 is 0 Å². The molecule has 0 saturated carbocycles. The molecule has 1 aliphatic heterocycles. The van der Waals surface area contributed by atoms with E-state index in [2.05, 4.69) is 0 Å². The van der Waals surface area contributed by atoms with Crippen molar-refractivity contribution in [3.63, 3.8) is 0 Å². The first-order chi connectivity index (χ1) is 9.92. The monoisotopic (exact) mass is 312 g/mol. The number of methoxy groups -OCH3 is 2. The molecule has 2 N–H and O–H groups in total. The van der Waals surface area contributed by atoms with E-state index in [1.165, 1.54) is 7.11 Å². The van der Waals surface area contributed by atoms with Gasteiger partial charge in [0, 0.05) is 18.5 Å². The van der Waals surface area contributed by atoms with Gasteiger partial charge in [-0.3, -0.25) is 4.79 Å². The topological polar surface area (TPSA) is 64.8 Å². The molecule has 1 saturated heterocycles. The molecule has 1 heterocycles.